The molecule has 2 atom stereocenters. The predicted octanol–water partition coefficient (Wildman–Crippen LogP) is 1.82. The molecule has 2 rings (SSSR count). The standard InChI is InChI=1S/C13H17ClN2O3S2/c1-8-13(2,5-6-19-8)16-21(17,18)9-3-4-10(12(15)20)11(14)7-9/h3-4,7-8,16H,5-6H2,1-2H3,(H2,15,20). The number of ether oxygens (including phenoxy) is 1. The lowest BCUT2D eigenvalue weighted by atomic mass is 9.97. The van der Waals surface area contributed by atoms with Crippen LogP contribution in [0.5, 0.6) is 0 Å². The van der Waals surface area contributed by atoms with Crippen LogP contribution < -0.4 is 10.5 Å². The Labute approximate surface area is 134 Å². The van der Waals surface area contributed by atoms with Crippen LogP contribution in [0.15, 0.2) is 23.1 Å². The molecule has 1 fully saturated rings. The van der Waals surface area contributed by atoms with E-state index < -0.39 is 15.6 Å². The van der Waals surface area contributed by atoms with Gasteiger partial charge in [-0.25, -0.2) is 13.1 Å². The van der Waals surface area contributed by atoms with Crippen LogP contribution in [0.25, 0.3) is 0 Å². The minimum Gasteiger partial charge on any atom is -0.389 e. The number of hydrogen-bond acceptors (Lipinski definition) is 4. The van der Waals surface area contributed by atoms with Crippen molar-refractivity contribution >= 4 is 38.8 Å². The number of nitrogens with one attached hydrogen (secondary N) is 1. The van der Waals surface area contributed by atoms with E-state index in [-0.39, 0.29) is 21.0 Å². The maximum absolute atomic E-state index is 12.5. The summed E-state index contributed by atoms with van der Waals surface area (Å²) in [5.41, 5.74) is 5.33. The minimum atomic E-state index is -3.70. The summed E-state index contributed by atoms with van der Waals surface area (Å²) < 4.78 is 33.1. The van der Waals surface area contributed by atoms with Gasteiger partial charge >= 0.3 is 0 Å². The molecule has 5 nitrogen and oxygen atoms in total. The molecule has 1 aliphatic heterocycles. The first-order chi connectivity index (χ1) is 9.66. The highest BCUT2D eigenvalue weighted by molar-refractivity contribution is 7.89. The molecule has 0 saturated carbocycles. The van der Waals surface area contributed by atoms with Crippen LogP contribution in [-0.2, 0) is 14.8 Å². The summed E-state index contributed by atoms with van der Waals surface area (Å²) in [4.78, 5) is 0.203. The summed E-state index contributed by atoms with van der Waals surface area (Å²) in [5.74, 6) is 0. The summed E-state index contributed by atoms with van der Waals surface area (Å²) in [6.07, 6.45) is 0.421. The van der Waals surface area contributed by atoms with E-state index >= 15 is 0 Å². The van der Waals surface area contributed by atoms with Gasteiger partial charge in [-0.15, -0.1) is 0 Å². The van der Waals surface area contributed by atoms with Crippen molar-refractivity contribution < 1.29 is 13.2 Å². The minimum absolute atomic E-state index is 0.0767. The first-order valence-electron chi connectivity index (χ1n) is 6.41. The number of nitrogens with two attached hydrogens (primary N) is 1. The first-order valence-corrected chi connectivity index (χ1v) is 8.67. The molecule has 21 heavy (non-hydrogen) atoms. The van der Waals surface area contributed by atoms with Crippen molar-refractivity contribution in [1.82, 2.24) is 4.72 Å². The molecule has 0 aromatic heterocycles. The van der Waals surface area contributed by atoms with Gasteiger partial charge in [-0.3, -0.25) is 0 Å². The molecular formula is C13H17ClN2O3S2. The third kappa shape index (κ3) is 3.37. The Morgan fingerprint density at radius 3 is 2.71 bits per heavy atom. The zero-order chi connectivity index (χ0) is 15.8. The van der Waals surface area contributed by atoms with E-state index in [4.69, 9.17) is 34.3 Å². The Kier molecular flexibility index (Phi) is 4.60. The van der Waals surface area contributed by atoms with Crippen molar-refractivity contribution in [3.05, 3.63) is 28.8 Å². The number of rotatable bonds is 4. The van der Waals surface area contributed by atoms with Crippen LogP contribution in [0.3, 0.4) is 0 Å². The van der Waals surface area contributed by atoms with E-state index in [2.05, 4.69) is 4.72 Å². The SMILES string of the molecule is CC1OCCC1(C)NS(=O)(=O)c1ccc(C(N)=S)c(Cl)c1. The molecule has 116 valence electrons. The molecule has 1 aromatic carbocycles. The highest BCUT2D eigenvalue weighted by Crippen LogP contribution is 2.28. The Morgan fingerprint density at radius 2 is 2.24 bits per heavy atom. The van der Waals surface area contributed by atoms with Crippen LogP contribution in [0.1, 0.15) is 25.8 Å². The quantitative estimate of drug-likeness (QED) is 0.811. The molecule has 2 unspecified atom stereocenters. The summed E-state index contributed by atoms with van der Waals surface area (Å²) in [6.45, 7) is 4.20. The van der Waals surface area contributed by atoms with Gasteiger partial charge in [0.15, 0.2) is 0 Å². The maximum Gasteiger partial charge on any atom is 0.241 e. The van der Waals surface area contributed by atoms with Gasteiger partial charge in [0.1, 0.15) is 4.99 Å². The van der Waals surface area contributed by atoms with Gasteiger partial charge in [-0.2, -0.15) is 0 Å². The van der Waals surface area contributed by atoms with E-state index in [0.29, 0.717) is 18.6 Å². The Morgan fingerprint density at radius 1 is 1.57 bits per heavy atom. The zero-order valence-corrected chi connectivity index (χ0v) is 14.1. The molecule has 0 radical (unpaired) electrons. The van der Waals surface area contributed by atoms with Gasteiger partial charge in [0, 0.05) is 12.2 Å². The number of halogens is 1. The van der Waals surface area contributed by atoms with Crippen LogP contribution in [0, 0.1) is 0 Å². The second kappa shape index (κ2) is 5.81. The predicted molar refractivity (Wildman–Crippen MR) is 86.1 cm³/mol. The van der Waals surface area contributed by atoms with Gasteiger partial charge in [-0.05, 0) is 38.5 Å². The maximum atomic E-state index is 12.5. The summed E-state index contributed by atoms with van der Waals surface area (Å²) >= 11 is 10.9. The molecule has 0 bridgehead atoms. The van der Waals surface area contributed by atoms with E-state index in [1.807, 2.05) is 13.8 Å². The fraction of sp³-hybridized carbons (Fsp3) is 0.462. The lowest BCUT2D eigenvalue weighted by Crippen LogP contribution is -2.50. The van der Waals surface area contributed by atoms with Crippen LogP contribution in [0.4, 0.5) is 0 Å². The van der Waals surface area contributed by atoms with Crippen LogP contribution >= 0.6 is 23.8 Å². The van der Waals surface area contributed by atoms with E-state index in [9.17, 15) is 8.42 Å². The van der Waals surface area contributed by atoms with Gasteiger partial charge in [0.05, 0.1) is 21.6 Å². The van der Waals surface area contributed by atoms with E-state index in [1.165, 1.54) is 18.2 Å². The molecule has 1 saturated heterocycles. The Balaban J connectivity index is 2.32. The third-order valence-corrected chi connectivity index (χ3v) is 5.91. The second-order valence-electron chi connectivity index (χ2n) is 5.29. The largest absolute Gasteiger partial charge is 0.389 e. The molecule has 0 amide bonds. The summed E-state index contributed by atoms with van der Waals surface area (Å²) in [7, 11) is -3.70. The lowest BCUT2D eigenvalue weighted by Gasteiger charge is -2.28. The molecule has 1 heterocycles. The number of benzene rings is 1. The van der Waals surface area contributed by atoms with E-state index in [1.54, 1.807) is 0 Å². The number of sulfonamides is 1. The van der Waals surface area contributed by atoms with Crippen molar-refractivity contribution in [2.75, 3.05) is 6.61 Å². The fourth-order valence-corrected chi connectivity index (χ4v) is 4.30. The zero-order valence-electron chi connectivity index (χ0n) is 11.7. The normalized spacial score (nSPS) is 26.0. The Hall–Kier alpha value is -0.730. The summed E-state index contributed by atoms with van der Waals surface area (Å²) in [5, 5.41) is 0.214. The average Bonchev–Trinajstić information content (AvgIpc) is 2.67. The van der Waals surface area contributed by atoms with Crippen molar-refractivity contribution in [2.24, 2.45) is 5.73 Å². The van der Waals surface area contributed by atoms with Gasteiger partial charge in [0.2, 0.25) is 10.0 Å². The highest BCUT2D eigenvalue weighted by Gasteiger charge is 2.40. The molecule has 0 aliphatic carbocycles. The average molecular weight is 349 g/mol. The number of hydrogen-bond donors (Lipinski definition) is 2. The van der Waals surface area contributed by atoms with Crippen molar-refractivity contribution in [3.8, 4) is 0 Å². The van der Waals surface area contributed by atoms with Crippen LogP contribution in [0.2, 0.25) is 5.02 Å². The van der Waals surface area contributed by atoms with Gasteiger partial charge < -0.3 is 10.5 Å². The lowest BCUT2D eigenvalue weighted by molar-refractivity contribution is 0.0957. The topological polar surface area (TPSA) is 81.4 Å². The fourth-order valence-electron chi connectivity index (χ4n) is 2.20. The number of thiocarbonyl (C=S) groups is 1. The first kappa shape index (κ1) is 16.6. The molecule has 3 N–H and O–H groups in total. The molecule has 0 spiro atoms. The summed E-state index contributed by atoms with van der Waals surface area (Å²) in [6, 6.07) is 4.30. The van der Waals surface area contributed by atoms with Gasteiger partial charge in [0.25, 0.3) is 0 Å². The molecular weight excluding hydrogens is 332 g/mol. The van der Waals surface area contributed by atoms with Gasteiger partial charge in [-0.1, -0.05) is 23.8 Å². The second-order valence-corrected chi connectivity index (χ2v) is 7.82. The van der Waals surface area contributed by atoms with Crippen molar-refractivity contribution in [1.29, 1.82) is 0 Å². The van der Waals surface area contributed by atoms with Crippen molar-refractivity contribution in [2.45, 2.75) is 36.8 Å². The Bertz CT molecular complexity index is 678. The third-order valence-electron chi connectivity index (χ3n) is 3.77. The molecule has 1 aromatic rings. The smallest absolute Gasteiger partial charge is 0.241 e. The molecule has 1 aliphatic rings. The molecule has 8 heteroatoms. The monoisotopic (exact) mass is 348 g/mol. The highest BCUT2D eigenvalue weighted by atomic mass is 35.5. The van der Waals surface area contributed by atoms with E-state index in [0.717, 1.165) is 0 Å². The van der Waals surface area contributed by atoms with Crippen molar-refractivity contribution in [3.63, 3.8) is 0 Å². The van der Waals surface area contributed by atoms with Crippen LogP contribution in [-0.4, -0.2) is 31.7 Å².